The average Bonchev–Trinajstić information content (AvgIpc) is 3.07. The third-order valence-corrected chi connectivity index (χ3v) is 7.36. The summed E-state index contributed by atoms with van der Waals surface area (Å²) in [4.78, 5) is 2.38. The van der Waals surface area contributed by atoms with E-state index in [1.54, 1.807) is 0 Å². The lowest BCUT2D eigenvalue weighted by Crippen LogP contribution is -2.44. The standard InChI is InChI=1S/C23H40N4O2/c1-22(2)9-10-23(29-17-22)7-5-18(6-8-23)21-19(15-26(4)12-11-24-3)25-27-13-14-28-16-20(21)27/h18,24H,5-17H2,1-4H3/t18-,23-. The number of nitrogens with one attached hydrogen (secondary N) is 1. The molecule has 0 bridgehead atoms. The van der Waals surface area contributed by atoms with E-state index in [1.807, 2.05) is 7.05 Å². The summed E-state index contributed by atoms with van der Waals surface area (Å²) in [6, 6.07) is 0. The molecule has 2 fully saturated rings. The summed E-state index contributed by atoms with van der Waals surface area (Å²) in [6.07, 6.45) is 7.32. The van der Waals surface area contributed by atoms with E-state index in [9.17, 15) is 0 Å². The van der Waals surface area contributed by atoms with Gasteiger partial charge in [-0.1, -0.05) is 13.8 Å². The van der Waals surface area contributed by atoms with Crippen molar-refractivity contribution in [1.82, 2.24) is 20.0 Å². The molecule has 1 aliphatic carbocycles. The highest BCUT2D eigenvalue weighted by molar-refractivity contribution is 5.32. The van der Waals surface area contributed by atoms with Crippen LogP contribution in [0.5, 0.6) is 0 Å². The Labute approximate surface area is 176 Å². The predicted octanol–water partition coefficient (Wildman–Crippen LogP) is 3.30. The Morgan fingerprint density at radius 2 is 2.00 bits per heavy atom. The number of ether oxygens (including phenoxy) is 2. The highest BCUT2D eigenvalue weighted by Gasteiger charge is 2.43. The van der Waals surface area contributed by atoms with Crippen molar-refractivity contribution in [3.05, 3.63) is 17.0 Å². The van der Waals surface area contributed by atoms with Crippen LogP contribution in [0.25, 0.3) is 0 Å². The van der Waals surface area contributed by atoms with Gasteiger partial charge in [-0.15, -0.1) is 0 Å². The molecule has 6 heteroatoms. The van der Waals surface area contributed by atoms with Gasteiger partial charge < -0.3 is 14.8 Å². The zero-order valence-electron chi connectivity index (χ0n) is 18.9. The van der Waals surface area contributed by atoms with Crippen LogP contribution in [0.15, 0.2) is 0 Å². The SMILES string of the molecule is CNCCN(C)Cc1nn2c(c1[C@H]1CC[C@@]3(CCC(C)(C)CO3)CC1)COCC2. The van der Waals surface area contributed by atoms with E-state index < -0.39 is 0 Å². The first-order valence-electron chi connectivity index (χ1n) is 11.5. The lowest BCUT2D eigenvalue weighted by Gasteiger charge is -2.47. The molecule has 3 heterocycles. The Bertz CT molecular complexity index is 679. The van der Waals surface area contributed by atoms with Crippen molar-refractivity contribution >= 4 is 0 Å². The molecule has 0 atom stereocenters. The largest absolute Gasteiger partial charge is 0.374 e. The fourth-order valence-electron chi connectivity index (χ4n) is 5.33. The molecule has 1 aromatic rings. The molecule has 1 saturated heterocycles. The molecule has 6 nitrogen and oxygen atoms in total. The zero-order valence-corrected chi connectivity index (χ0v) is 18.9. The second-order valence-electron chi connectivity index (χ2n) is 10.3. The van der Waals surface area contributed by atoms with Crippen LogP contribution in [0.3, 0.4) is 0 Å². The number of hydrogen-bond donors (Lipinski definition) is 1. The van der Waals surface area contributed by atoms with Crippen molar-refractivity contribution in [2.75, 3.05) is 40.4 Å². The minimum absolute atomic E-state index is 0.138. The Balaban J connectivity index is 1.48. The Kier molecular flexibility index (Phi) is 6.35. The van der Waals surface area contributed by atoms with Gasteiger partial charge in [-0.3, -0.25) is 9.58 Å². The molecule has 0 aromatic carbocycles. The van der Waals surface area contributed by atoms with Gasteiger partial charge in [-0.25, -0.2) is 0 Å². The minimum Gasteiger partial charge on any atom is -0.374 e. The zero-order chi connectivity index (χ0) is 20.5. The molecule has 0 amide bonds. The fourth-order valence-corrected chi connectivity index (χ4v) is 5.33. The van der Waals surface area contributed by atoms with E-state index in [2.05, 4.69) is 35.8 Å². The smallest absolute Gasteiger partial charge is 0.0888 e. The third-order valence-electron chi connectivity index (χ3n) is 7.36. The molecule has 1 aromatic heterocycles. The topological polar surface area (TPSA) is 51.6 Å². The third kappa shape index (κ3) is 4.71. The van der Waals surface area contributed by atoms with Crippen molar-refractivity contribution in [2.24, 2.45) is 5.41 Å². The highest BCUT2D eigenvalue weighted by atomic mass is 16.5. The Morgan fingerprint density at radius 3 is 2.69 bits per heavy atom. The molecule has 164 valence electrons. The monoisotopic (exact) mass is 404 g/mol. The molecule has 4 rings (SSSR count). The number of fused-ring (bicyclic) bond motifs is 1. The average molecular weight is 405 g/mol. The normalized spacial score (nSPS) is 29.3. The summed E-state index contributed by atoms with van der Waals surface area (Å²) >= 11 is 0. The first kappa shape index (κ1) is 21.3. The van der Waals surface area contributed by atoms with Crippen molar-refractivity contribution < 1.29 is 9.47 Å². The molecule has 29 heavy (non-hydrogen) atoms. The van der Waals surface area contributed by atoms with E-state index in [0.717, 1.165) is 46.0 Å². The molecule has 0 radical (unpaired) electrons. The number of aromatic nitrogens is 2. The number of rotatable bonds is 6. The van der Waals surface area contributed by atoms with E-state index in [4.69, 9.17) is 14.6 Å². The number of likely N-dealkylation sites (N-methyl/N-ethyl adjacent to an activating group) is 2. The maximum Gasteiger partial charge on any atom is 0.0888 e. The lowest BCUT2D eigenvalue weighted by atomic mass is 9.70. The summed E-state index contributed by atoms with van der Waals surface area (Å²) in [7, 11) is 4.21. The number of nitrogens with zero attached hydrogens (tertiary/aromatic N) is 3. The van der Waals surface area contributed by atoms with Gasteiger partial charge in [-0.2, -0.15) is 5.10 Å². The first-order valence-corrected chi connectivity index (χ1v) is 11.5. The molecule has 2 aliphatic heterocycles. The van der Waals surface area contributed by atoms with Gasteiger partial charge in [0.1, 0.15) is 0 Å². The van der Waals surface area contributed by atoms with Gasteiger partial charge >= 0.3 is 0 Å². The molecular formula is C23H40N4O2. The van der Waals surface area contributed by atoms with Gasteiger partial charge in [0.05, 0.1) is 43.4 Å². The fraction of sp³-hybridized carbons (Fsp3) is 0.870. The molecular weight excluding hydrogens is 364 g/mol. The molecule has 0 unspecified atom stereocenters. The van der Waals surface area contributed by atoms with E-state index in [1.165, 1.54) is 55.5 Å². The van der Waals surface area contributed by atoms with Crippen molar-refractivity contribution in [1.29, 1.82) is 0 Å². The van der Waals surface area contributed by atoms with Crippen LogP contribution in [0.4, 0.5) is 0 Å². The van der Waals surface area contributed by atoms with Crippen LogP contribution < -0.4 is 5.32 Å². The predicted molar refractivity (Wildman–Crippen MR) is 115 cm³/mol. The Hall–Kier alpha value is -0.950. The van der Waals surface area contributed by atoms with Crippen molar-refractivity contribution in [3.8, 4) is 0 Å². The quantitative estimate of drug-likeness (QED) is 0.788. The minimum atomic E-state index is 0.138. The van der Waals surface area contributed by atoms with Gasteiger partial charge in [0.25, 0.3) is 0 Å². The van der Waals surface area contributed by atoms with Crippen LogP contribution in [0.1, 0.15) is 75.2 Å². The second-order valence-corrected chi connectivity index (χ2v) is 10.3. The summed E-state index contributed by atoms with van der Waals surface area (Å²) in [5, 5.41) is 8.29. The number of hydrogen-bond acceptors (Lipinski definition) is 5. The first-order chi connectivity index (χ1) is 13.9. The maximum absolute atomic E-state index is 6.48. The van der Waals surface area contributed by atoms with Gasteiger partial charge in [0, 0.05) is 25.2 Å². The summed E-state index contributed by atoms with van der Waals surface area (Å²) < 4.78 is 14.5. The maximum atomic E-state index is 6.48. The van der Waals surface area contributed by atoms with Crippen molar-refractivity contribution in [2.45, 2.75) is 83.6 Å². The molecule has 1 saturated carbocycles. The second kappa shape index (κ2) is 8.66. The summed E-state index contributed by atoms with van der Waals surface area (Å²) in [5.41, 5.74) is 4.58. The van der Waals surface area contributed by atoms with Gasteiger partial charge in [0.15, 0.2) is 0 Å². The van der Waals surface area contributed by atoms with E-state index in [-0.39, 0.29) is 5.60 Å². The van der Waals surface area contributed by atoms with Crippen LogP contribution >= 0.6 is 0 Å². The molecule has 1 N–H and O–H groups in total. The van der Waals surface area contributed by atoms with Crippen molar-refractivity contribution in [3.63, 3.8) is 0 Å². The van der Waals surface area contributed by atoms with Crippen LogP contribution in [-0.2, 0) is 29.2 Å². The summed E-state index contributed by atoms with van der Waals surface area (Å²) in [6.45, 7) is 10.9. The van der Waals surface area contributed by atoms with E-state index in [0.29, 0.717) is 11.3 Å². The Morgan fingerprint density at radius 1 is 1.21 bits per heavy atom. The summed E-state index contributed by atoms with van der Waals surface area (Å²) in [5.74, 6) is 0.595. The molecule has 1 spiro atoms. The van der Waals surface area contributed by atoms with Gasteiger partial charge in [0.2, 0.25) is 0 Å². The van der Waals surface area contributed by atoms with Crippen LogP contribution in [-0.4, -0.2) is 60.7 Å². The lowest BCUT2D eigenvalue weighted by molar-refractivity contribution is -0.142. The van der Waals surface area contributed by atoms with E-state index >= 15 is 0 Å². The van der Waals surface area contributed by atoms with Crippen LogP contribution in [0, 0.1) is 5.41 Å². The van der Waals surface area contributed by atoms with Gasteiger partial charge in [-0.05, 0) is 64.0 Å². The van der Waals surface area contributed by atoms with Crippen LogP contribution in [0.2, 0.25) is 0 Å². The molecule has 3 aliphatic rings. The highest BCUT2D eigenvalue weighted by Crippen LogP contribution is 2.48.